The van der Waals surface area contributed by atoms with Crippen LogP contribution >= 0.6 is 0 Å². The first-order valence-electron chi connectivity index (χ1n) is 14.4. The van der Waals surface area contributed by atoms with Crippen LogP contribution in [0.25, 0.3) is 22.2 Å². The number of piperidine rings is 1. The molecule has 1 aromatic carbocycles. The molecule has 212 valence electrons. The van der Waals surface area contributed by atoms with Crippen molar-refractivity contribution >= 4 is 27.0 Å². The average Bonchev–Trinajstić information content (AvgIpc) is 3.46. The van der Waals surface area contributed by atoms with Crippen LogP contribution in [-0.4, -0.2) is 57.5 Å². The Morgan fingerprint density at radius 3 is 2.41 bits per heavy atom. The molecular weight excluding hydrogens is 512 g/mol. The van der Waals surface area contributed by atoms with Crippen LogP contribution in [0.5, 0.6) is 0 Å². The lowest BCUT2D eigenvalue weighted by Gasteiger charge is -2.26. The summed E-state index contributed by atoms with van der Waals surface area (Å²) in [4.78, 5) is 13.3. The second-order valence-corrected chi connectivity index (χ2v) is 13.8. The van der Waals surface area contributed by atoms with Gasteiger partial charge in [0.15, 0.2) is 0 Å². The van der Waals surface area contributed by atoms with E-state index in [1.807, 2.05) is 37.3 Å². The zero-order chi connectivity index (χ0) is 27.8. The van der Waals surface area contributed by atoms with Crippen molar-refractivity contribution in [2.75, 3.05) is 19.6 Å². The quantitative estimate of drug-likeness (QED) is 0.406. The van der Waals surface area contributed by atoms with Crippen molar-refractivity contribution in [2.24, 2.45) is 5.92 Å². The van der Waals surface area contributed by atoms with Gasteiger partial charge in [-0.05, 0) is 64.5 Å². The maximum Gasteiger partial charge on any atom is 0.307 e. The number of aliphatic hydroxyl groups is 1. The third kappa shape index (κ3) is 5.81. The van der Waals surface area contributed by atoms with Gasteiger partial charge in [-0.15, -0.1) is 0 Å². The van der Waals surface area contributed by atoms with Crippen LogP contribution in [0.15, 0.2) is 36.5 Å². The number of rotatable bonds is 8. The van der Waals surface area contributed by atoms with Crippen molar-refractivity contribution in [2.45, 2.75) is 84.3 Å². The van der Waals surface area contributed by atoms with Gasteiger partial charge in [0.2, 0.25) is 0 Å². The van der Waals surface area contributed by atoms with E-state index in [-0.39, 0.29) is 12.5 Å². The molecule has 2 aromatic heterocycles. The predicted molar refractivity (Wildman–Crippen MR) is 155 cm³/mol. The SMILES string of the molecule is Cc1c(C(=O)NCC(C)(C)O)cc(-c2cn(S(=O)(=O)N3CCCCC3)c3ccccc23)n1CC1CCCCC1. The molecule has 3 heterocycles. The van der Waals surface area contributed by atoms with Crippen LogP contribution in [0.2, 0.25) is 0 Å². The van der Waals surface area contributed by atoms with Crippen LogP contribution in [0.1, 0.15) is 81.3 Å². The summed E-state index contributed by atoms with van der Waals surface area (Å²) < 4.78 is 32.8. The van der Waals surface area contributed by atoms with E-state index in [4.69, 9.17) is 0 Å². The third-order valence-corrected chi connectivity index (χ3v) is 10.1. The maximum absolute atomic E-state index is 13.8. The normalized spacial score (nSPS) is 18.1. The first-order chi connectivity index (χ1) is 18.6. The number of benzene rings is 1. The number of nitrogens with one attached hydrogen (secondary N) is 1. The van der Waals surface area contributed by atoms with E-state index in [9.17, 15) is 18.3 Å². The van der Waals surface area contributed by atoms with E-state index in [1.165, 1.54) is 23.2 Å². The van der Waals surface area contributed by atoms with Crippen LogP contribution in [0.3, 0.4) is 0 Å². The summed E-state index contributed by atoms with van der Waals surface area (Å²) >= 11 is 0. The minimum Gasteiger partial charge on any atom is -0.389 e. The summed E-state index contributed by atoms with van der Waals surface area (Å²) in [6, 6.07) is 9.53. The Morgan fingerprint density at radius 1 is 1.05 bits per heavy atom. The Balaban J connectivity index is 1.62. The number of amides is 1. The van der Waals surface area contributed by atoms with Gasteiger partial charge in [-0.3, -0.25) is 4.79 Å². The molecular formula is C30H42N4O4S. The predicted octanol–water partition coefficient (Wildman–Crippen LogP) is 5.08. The fraction of sp³-hybridized carbons (Fsp3) is 0.567. The van der Waals surface area contributed by atoms with Crippen molar-refractivity contribution in [1.82, 2.24) is 18.2 Å². The summed E-state index contributed by atoms with van der Waals surface area (Å²) in [5, 5.41) is 13.9. The molecule has 0 radical (unpaired) electrons. The van der Waals surface area contributed by atoms with E-state index >= 15 is 0 Å². The Hall–Kier alpha value is -2.62. The highest BCUT2D eigenvalue weighted by molar-refractivity contribution is 7.87. The third-order valence-electron chi connectivity index (χ3n) is 8.30. The first kappa shape index (κ1) is 27.9. The topological polar surface area (TPSA) is 96.6 Å². The summed E-state index contributed by atoms with van der Waals surface area (Å²) in [7, 11) is -3.73. The van der Waals surface area contributed by atoms with Gasteiger partial charge in [0.05, 0.1) is 22.4 Å². The van der Waals surface area contributed by atoms with Gasteiger partial charge in [-0.2, -0.15) is 12.7 Å². The molecule has 5 rings (SSSR count). The van der Waals surface area contributed by atoms with Crippen LogP contribution in [-0.2, 0) is 16.8 Å². The molecule has 0 bridgehead atoms. The molecule has 8 nitrogen and oxygen atoms in total. The smallest absolute Gasteiger partial charge is 0.307 e. The highest BCUT2D eigenvalue weighted by atomic mass is 32.2. The van der Waals surface area contributed by atoms with Gasteiger partial charge >= 0.3 is 10.2 Å². The Labute approximate surface area is 232 Å². The lowest BCUT2D eigenvalue weighted by molar-refractivity contribution is 0.0694. The average molecular weight is 555 g/mol. The molecule has 39 heavy (non-hydrogen) atoms. The molecule has 1 amide bonds. The zero-order valence-corrected chi connectivity index (χ0v) is 24.3. The number of carbonyl (C=O) groups is 1. The molecule has 2 aliphatic rings. The molecule has 1 aliphatic heterocycles. The van der Waals surface area contributed by atoms with Gasteiger partial charge < -0.3 is 15.0 Å². The fourth-order valence-corrected chi connectivity index (χ4v) is 7.73. The number of hydrogen-bond donors (Lipinski definition) is 2. The lowest BCUT2D eigenvalue weighted by atomic mass is 9.89. The Kier molecular flexibility index (Phi) is 7.95. The minimum atomic E-state index is -3.73. The summed E-state index contributed by atoms with van der Waals surface area (Å²) in [6.45, 7) is 7.30. The molecule has 2 fully saturated rings. The number of nitrogens with zero attached hydrogens (tertiary/aromatic N) is 3. The van der Waals surface area contributed by atoms with E-state index in [0.29, 0.717) is 30.1 Å². The number of carbonyl (C=O) groups excluding carboxylic acids is 1. The lowest BCUT2D eigenvalue weighted by Crippen LogP contribution is -2.38. The standard InChI is InChI=1S/C30H42N4O4S/c1-22-25(29(35)31-21-30(2,3)36)18-28(33(22)19-23-12-6-4-7-13-23)26-20-34(27-15-9-8-14-24(26)27)39(37,38)32-16-10-5-11-17-32/h8-9,14-15,18,20,23,36H,4-7,10-13,16-17,19,21H2,1-3H3,(H,31,35). The summed E-state index contributed by atoms with van der Waals surface area (Å²) in [6.07, 6.45) is 10.6. The summed E-state index contributed by atoms with van der Waals surface area (Å²) in [5.74, 6) is 0.282. The van der Waals surface area contributed by atoms with Crippen LogP contribution in [0, 0.1) is 12.8 Å². The van der Waals surface area contributed by atoms with Crippen molar-refractivity contribution in [3.05, 3.63) is 47.8 Å². The van der Waals surface area contributed by atoms with Crippen molar-refractivity contribution in [3.63, 3.8) is 0 Å². The molecule has 0 atom stereocenters. The zero-order valence-electron chi connectivity index (χ0n) is 23.4. The second kappa shape index (κ2) is 11.1. The first-order valence-corrected chi connectivity index (χ1v) is 15.8. The monoisotopic (exact) mass is 554 g/mol. The molecule has 1 saturated carbocycles. The molecule has 0 spiro atoms. The minimum absolute atomic E-state index is 0.141. The van der Waals surface area contributed by atoms with E-state index in [2.05, 4.69) is 9.88 Å². The fourth-order valence-electron chi connectivity index (χ4n) is 6.12. The Morgan fingerprint density at radius 2 is 1.72 bits per heavy atom. The highest BCUT2D eigenvalue weighted by Crippen LogP contribution is 2.37. The van der Waals surface area contributed by atoms with Crippen LogP contribution < -0.4 is 5.32 Å². The molecule has 9 heteroatoms. The molecule has 0 unspecified atom stereocenters. The number of para-hydroxylation sites is 1. The van der Waals surface area contributed by atoms with Gasteiger partial charge in [-0.25, -0.2) is 3.97 Å². The molecule has 1 saturated heterocycles. The number of fused-ring (bicyclic) bond motifs is 1. The van der Waals surface area contributed by atoms with Gasteiger partial charge in [0, 0.05) is 49.0 Å². The summed E-state index contributed by atoms with van der Waals surface area (Å²) in [5.41, 5.74) is 2.71. The van der Waals surface area contributed by atoms with Crippen molar-refractivity contribution in [1.29, 1.82) is 0 Å². The largest absolute Gasteiger partial charge is 0.389 e. The maximum atomic E-state index is 13.8. The highest BCUT2D eigenvalue weighted by Gasteiger charge is 2.30. The van der Waals surface area contributed by atoms with Gasteiger partial charge in [0.25, 0.3) is 5.91 Å². The van der Waals surface area contributed by atoms with Crippen molar-refractivity contribution < 1.29 is 18.3 Å². The molecule has 3 aromatic rings. The van der Waals surface area contributed by atoms with E-state index < -0.39 is 15.8 Å². The number of hydrogen-bond acceptors (Lipinski definition) is 4. The number of aromatic nitrogens is 2. The Bertz CT molecular complexity index is 1440. The van der Waals surface area contributed by atoms with E-state index in [0.717, 1.165) is 61.0 Å². The van der Waals surface area contributed by atoms with E-state index in [1.54, 1.807) is 24.3 Å². The van der Waals surface area contributed by atoms with Crippen molar-refractivity contribution in [3.8, 4) is 11.3 Å². The van der Waals surface area contributed by atoms with Gasteiger partial charge in [-0.1, -0.05) is 43.9 Å². The van der Waals surface area contributed by atoms with Gasteiger partial charge in [0.1, 0.15) is 0 Å². The molecule has 2 N–H and O–H groups in total. The second-order valence-electron chi connectivity index (χ2n) is 12.0. The molecule has 1 aliphatic carbocycles. The van der Waals surface area contributed by atoms with Crippen LogP contribution in [0.4, 0.5) is 0 Å².